The van der Waals surface area contributed by atoms with Crippen LogP contribution < -0.4 is 0 Å². The summed E-state index contributed by atoms with van der Waals surface area (Å²) in [6.45, 7) is 1.37. The van der Waals surface area contributed by atoms with E-state index < -0.39 is 73.3 Å². The van der Waals surface area contributed by atoms with Gasteiger partial charge in [0.25, 0.3) is 0 Å². The summed E-state index contributed by atoms with van der Waals surface area (Å²) in [5.41, 5.74) is 0. The van der Waals surface area contributed by atoms with Crippen molar-refractivity contribution < 1.29 is 63.5 Å². The Balaban J connectivity index is 1.44. The normalized spacial score (nSPS) is 51.1. The van der Waals surface area contributed by atoms with E-state index in [-0.39, 0.29) is 36.6 Å². The molecular weight excluding hydrogens is 532 g/mol. The van der Waals surface area contributed by atoms with Gasteiger partial charge in [-0.25, -0.2) is 0 Å². The number of ether oxygens (including phenoxy) is 7. The highest BCUT2D eigenvalue weighted by Crippen LogP contribution is 2.50. The molecule has 2 aliphatic carbocycles. The van der Waals surface area contributed by atoms with Crippen molar-refractivity contribution in [2.75, 3.05) is 27.4 Å². The van der Waals surface area contributed by atoms with Crippen molar-refractivity contribution >= 4 is 5.97 Å². The van der Waals surface area contributed by atoms with Gasteiger partial charge in [-0.1, -0.05) is 0 Å². The molecule has 14 unspecified atom stereocenters. The first kappa shape index (κ1) is 30.5. The van der Waals surface area contributed by atoms with Gasteiger partial charge in [0.05, 0.1) is 42.7 Å². The summed E-state index contributed by atoms with van der Waals surface area (Å²) in [5.74, 6) is -0.876. The molecule has 5 fully saturated rings. The molecule has 0 spiro atoms. The number of rotatable bonds is 7. The smallest absolute Gasteiger partial charge is 0.302 e. The largest absolute Gasteiger partial charge is 0.463 e. The van der Waals surface area contributed by atoms with Crippen molar-refractivity contribution in [1.82, 2.24) is 0 Å². The monoisotopic (exact) mass is 576 g/mol. The second-order valence-corrected chi connectivity index (χ2v) is 11.9. The molecule has 0 bridgehead atoms. The summed E-state index contributed by atoms with van der Waals surface area (Å²) in [4.78, 5) is 11.4. The number of aliphatic hydroxyl groups is 5. The third-order valence-electron chi connectivity index (χ3n) is 9.54. The maximum Gasteiger partial charge on any atom is 0.302 e. The Morgan fingerprint density at radius 1 is 0.850 bits per heavy atom. The predicted octanol–water partition coefficient (Wildman–Crippen LogP) is -1.51. The second-order valence-electron chi connectivity index (χ2n) is 11.9. The second kappa shape index (κ2) is 12.7. The van der Waals surface area contributed by atoms with E-state index >= 15 is 0 Å². The number of hydrogen-bond donors (Lipinski definition) is 5. The fourth-order valence-electron chi connectivity index (χ4n) is 7.55. The molecule has 13 heteroatoms. The van der Waals surface area contributed by atoms with Crippen LogP contribution in [0.2, 0.25) is 0 Å². The van der Waals surface area contributed by atoms with Crippen molar-refractivity contribution in [3.8, 4) is 0 Å². The molecule has 14 atom stereocenters. The molecule has 2 saturated carbocycles. The van der Waals surface area contributed by atoms with Crippen LogP contribution in [0.15, 0.2) is 0 Å². The molecule has 0 amide bonds. The maximum absolute atomic E-state index is 11.4. The molecule has 5 rings (SSSR count). The minimum Gasteiger partial charge on any atom is -0.463 e. The van der Waals surface area contributed by atoms with Crippen LogP contribution in [0.3, 0.4) is 0 Å². The van der Waals surface area contributed by atoms with E-state index in [1.165, 1.54) is 21.1 Å². The summed E-state index contributed by atoms with van der Waals surface area (Å²) in [5, 5.41) is 53.3. The molecule has 5 N–H and O–H groups in total. The lowest BCUT2D eigenvalue weighted by molar-refractivity contribution is -0.349. The van der Waals surface area contributed by atoms with E-state index in [2.05, 4.69) is 0 Å². The average Bonchev–Trinajstić information content (AvgIpc) is 2.93. The number of carbonyl (C=O) groups excluding carboxylic acids is 1. The summed E-state index contributed by atoms with van der Waals surface area (Å²) in [6, 6.07) is 0. The molecule has 13 nitrogen and oxygen atoms in total. The number of carbonyl (C=O) groups is 1. The molecule has 5 aliphatic rings. The van der Waals surface area contributed by atoms with E-state index in [4.69, 9.17) is 33.2 Å². The minimum atomic E-state index is -1.59. The van der Waals surface area contributed by atoms with E-state index in [9.17, 15) is 30.3 Å². The van der Waals surface area contributed by atoms with Gasteiger partial charge in [-0.2, -0.15) is 0 Å². The van der Waals surface area contributed by atoms with Crippen molar-refractivity contribution in [2.24, 2.45) is 17.8 Å². The zero-order chi connectivity index (χ0) is 28.7. The van der Waals surface area contributed by atoms with Crippen LogP contribution in [0.25, 0.3) is 0 Å². The molecule has 0 aromatic heterocycles. The maximum atomic E-state index is 11.4. The average molecular weight is 577 g/mol. The number of hydrogen-bond acceptors (Lipinski definition) is 13. The molecule has 3 aliphatic heterocycles. The summed E-state index contributed by atoms with van der Waals surface area (Å²) in [6.07, 6.45) is -8.58. The van der Waals surface area contributed by atoms with E-state index in [0.29, 0.717) is 38.7 Å². The van der Waals surface area contributed by atoms with Gasteiger partial charge in [0.2, 0.25) is 0 Å². The predicted molar refractivity (Wildman–Crippen MR) is 134 cm³/mol. The van der Waals surface area contributed by atoms with Gasteiger partial charge in [0.15, 0.2) is 6.29 Å². The van der Waals surface area contributed by atoms with Gasteiger partial charge >= 0.3 is 5.97 Å². The Bertz CT molecular complexity index is 846. The van der Waals surface area contributed by atoms with Gasteiger partial charge in [0.1, 0.15) is 37.1 Å². The Hall–Kier alpha value is -0.970. The fraction of sp³-hybridized carbons (Fsp3) is 0.963. The third-order valence-corrected chi connectivity index (χ3v) is 9.54. The number of methoxy groups -OCH3 is 2. The van der Waals surface area contributed by atoms with Crippen molar-refractivity contribution in [2.45, 2.75) is 119 Å². The van der Waals surface area contributed by atoms with Crippen molar-refractivity contribution in [1.29, 1.82) is 0 Å². The highest BCUT2D eigenvalue weighted by Gasteiger charge is 2.58. The van der Waals surface area contributed by atoms with Gasteiger partial charge in [-0.15, -0.1) is 0 Å². The van der Waals surface area contributed by atoms with Crippen LogP contribution in [0, 0.1) is 17.8 Å². The van der Waals surface area contributed by atoms with E-state index in [1.807, 2.05) is 0 Å². The van der Waals surface area contributed by atoms with Crippen LogP contribution in [0.1, 0.15) is 39.0 Å². The lowest BCUT2D eigenvalue weighted by Crippen LogP contribution is -2.66. The van der Waals surface area contributed by atoms with Gasteiger partial charge in [-0.3, -0.25) is 4.79 Å². The summed E-state index contributed by atoms with van der Waals surface area (Å²) < 4.78 is 41.4. The Labute approximate surface area is 233 Å². The molecule has 40 heavy (non-hydrogen) atoms. The minimum absolute atomic E-state index is 0.0582. The first-order valence-electron chi connectivity index (χ1n) is 14.3. The first-order chi connectivity index (χ1) is 19.1. The standard InChI is InChI=1S/C27H44O13/c1-11(28)37-10-19-22(31)23(32)24(33)27(39-19)40-26-14-4-5-36-15-8-13(29)9-16(20(14)15)38-25(26)12-6-17(34-2)21(30)18(7-12)35-3/h12-27,29-33H,4-10H2,1-3H3. The molecule has 0 radical (unpaired) electrons. The van der Waals surface area contributed by atoms with Crippen LogP contribution in [0.4, 0.5) is 0 Å². The quantitative estimate of drug-likeness (QED) is 0.221. The van der Waals surface area contributed by atoms with Crippen molar-refractivity contribution in [3.63, 3.8) is 0 Å². The van der Waals surface area contributed by atoms with Crippen molar-refractivity contribution in [3.05, 3.63) is 0 Å². The Kier molecular flexibility index (Phi) is 9.69. The molecule has 3 saturated heterocycles. The van der Waals surface area contributed by atoms with Crippen LogP contribution in [-0.4, -0.2) is 138 Å². The third kappa shape index (κ3) is 5.93. The lowest BCUT2D eigenvalue weighted by Gasteiger charge is -2.57. The molecular formula is C27H44O13. The molecule has 3 heterocycles. The SMILES string of the molecule is COC1CC(C2OC3CC(O)CC4OCCC(C2OC2OC(COC(C)=O)C(O)C(O)C2O)C43)CC(OC)C1O. The first-order valence-corrected chi connectivity index (χ1v) is 14.3. The van der Waals surface area contributed by atoms with Gasteiger partial charge < -0.3 is 58.7 Å². The van der Waals surface area contributed by atoms with E-state index in [0.717, 1.165) is 0 Å². The summed E-state index contributed by atoms with van der Waals surface area (Å²) >= 11 is 0. The highest BCUT2D eigenvalue weighted by atomic mass is 16.7. The zero-order valence-corrected chi connectivity index (χ0v) is 23.2. The van der Waals surface area contributed by atoms with E-state index in [1.54, 1.807) is 0 Å². The van der Waals surface area contributed by atoms with Gasteiger partial charge in [0, 0.05) is 33.7 Å². The number of esters is 1. The zero-order valence-electron chi connectivity index (χ0n) is 23.2. The van der Waals surface area contributed by atoms with Crippen LogP contribution in [0.5, 0.6) is 0 Å². The Morgan fingerprint density at radius 2 is 1.52 bits per heavy atom. The number of aliphatic hydroxyl groups excluding tert-OH is 5. The fourth-order valence-corrected chi connectivity index (χ4v) is 7.55. The van der Waals surface area contributed by atoms with Crippen LogP contribution in [-0.2, 0) is 38.0 Å². The molecule has 230 valence electrons. The molecule has 0 aromatic carbocycles. The Morgan fingerprint density at radius 3 is 2.17 bits per heavy atom. The molecule has 0 aromatic rings. The topological polar surface area (TPSA) is 183 Å². The highest BCUT2D eigenvalue weighted by molar-refractivity contribution is 5.65. The van der Waals surface area contributed by atoms with Crippen LogP contribution >= 0.6 is 0 Å². The van der Waals surface area contributed by atoms with Gasteiger partial charge in [-0.05, 0) is 43.9 Å². The lowest BCUT2D eigenvalue weighted by atomic mass is 9.65. The summed E-state index contributed by atoms with van der Waals surface area (Å²) in [7, 11) is 3.08.